The Labute approximate surface area is 224 Å². The maximum atomic E-state index is 13.7. The number of carbonyl (C=O) groups is 2. The Balaban J connectivity index is 1.22. The largest absolute Gasteiger partial charge is 0.377 e. The van der Waals surface area contributed by atoms with Crippen molar-refractivity contribution in [2.24, 2.45) is 17.8 Å². The van der Waals surface area contributed by atoms with E-state index in [9.17, 15) is 9.59 Å². The summed E-state index contributed by atoms with van der Waals surface area (Å²) < 4.78 is 0. The molecule has 0 aromatic carbocycles. The highest BCUT2D eigenvalue weighted by Crippen LogP contribution is 2.37. The number of hydrogen-bond donors (Lipinski definition) is 4. The third-order valence-corrected chi connectivity index (χ3v) is 10.2. The van der Waals surface area contributed by atoms with E-state index in [1.54, 1.807) is 0 Å². The molecule has 0 radical (unpaired) electrons. The molecule has 0 bridgehead atoms. The van der Waals surface area contributed by atoms with Crippen LogP contribution in [0.4, 0.5) is 0 Å². The van der Waals surface area contributed by atoms with Gasteiger partial charge in [-0.15, -0.1) is 0 Å². The Morgan fingerprint density at radius 2 is 1.57 bits per heavy atom. The molecule has 2 amide bonds. The van der Waals surface area contributed by atoms with Crippen molar-refractivity contribution in [1.82, 2.24) is 26.2 Å². The normalized spacial score (nSPS) is 35.8. The van der Waals surface area contributed by atoms with Gasteiger partial charge >= 0.3 is 0 Å². The minimum atomic E-state index is -0.574. The Morgan fingerprint density at radius 1 is 0.919 bits per heavy atom. The van der Waals surface area contributed by atoms with Gasteiger partial charge in [0.05, 0.1) is 18.6 Å². The van der Waals surface area contributed by atoms with Crippen molar-refractivity contribution in [1.29, 1.82) is 0 Å². The third-order valence-electron chi connectivity index (χ3n) is 10.2. The van der Waals surface area contributed by atoms with E-state index >= 15 is 0 Å². The van der Waals surface area contributed by atoms with Crippen LogP contribution in [0.2, 0.25) is 0 Å². The van der Waals surface area contributed by atoms with Gasteiger partial charge < -0.3 is 15.5 Å². The van der Waals surface area contributed by atoms with Crippen LogP contribution in [-0.2, 0) is 9.59 Å². The molecule has 5 aliphatic rings. The molecule has 0 aromatic rings. The van der Waals surface area contributed by atoms with Gasteiger partial charge in [-0.2, -0.15) is 0 Å². The van der Waals surface area contributed by atoms with Crippen molar-refractivity contribution in [3.05, 3.63) is 12.3 Å². The molecule has 0 spiro atoms. The number of rotatable bonds is 9. The number of carbonyl (C=O) groups excluding carboxylic acids is 2. The molecule has 3 unspecified atom stereocenters. The smallest absolute Gasteiger partial charge is 0.243 e. The summed E-state index contributed by atoms with van der Waals surface area (Å²) in [6.07, 6.45) is 16.0. The Bertz CT molecular complexity index is 807. The van der Waals surface area contributed by atoms with Gasteiger partial charge in [-0.05, 0) is 76.0 Å². The lowest BCUT2D eigenvalue weighted by Crippen LogP contribution is -2.56. The van der Waals surface area contributed by atoms with E-state index in [0.717, 1.165) is 37.9 Å². The molecule has 7 nitrogen and oxygen atoms in total. The van der Waals surface area contributed by atoms with Crippen LogP contribution in [-0.4, -0.2) is 59.6 Å². The molecular weight excluding hydrogens is 462 g/mol. The number of nitrogens with zero attached hydrogens (tertiary/aromatic N) is 1. The molecule has 2 saturated heterocycles. The highest BCUT2D eigenvalue weighted by Gasteiger charge is 2.40. The maximum Gasteiger partial charge on any atom is 0.243 e. The first kappa shape index (κ1) is 27.0. The van der Waals surface area contributed by atoms with Gasteiger partial charge in [0.25, 0.3) is 0 Å². The van der Waals surface area contributed by atoms with E-state index in [0.29, 0.717) is 35.9 Å². The summed E-state index contributed by atoms with van der Waals surface area (Å²) in [7, 11) is 0. The number of allylic oxidation sites excluding steroid dienone is 1. The minimum Gasteiger partial charge on any atom is -0.377 e. The lowest BCUT2D eigenvalue weighted by Gasteiger charge is -2.37. The molecule has 7 heteroatoms. The van der Waals surface area contributed by atoms with Crippen LogP contribution in [0.3, 0.4) is 0 Å². The summed E-state index contributed by atoms with van der Waals surface area (Å²) >= 11 is 0. The third kappa shape index (κ3) is 6.35. The standard InChI is InChI=1S/C30H51N5O2/c1-19-16-23(17-19)20(2)31-26(18-28(36)35-15-9-14-27(35)22-10-5-4-6-11-22)30(37)32-21(3)29-33-24-12-7-8-13-25(24)34-29/h19,21-27,29,31,33-34H,2,4-18H2,1,3H3,(H,32,37)/t19?,21?,23?,24?,25?,26-,27+,29?/m0/s1. The van der Waals surface area contributed by atoms with Crippen molar-refractivity contribution in [2.45, 2.75) is 140 Å². The average Bonchev–Trinajstić information content (AvgIpc) is 3.54. The first-order valence-corrected chi connectivity index (χ1v) is 15.5. The fourth-order valence-corrected chi connectivity index (χ4v) is 7.88. The van der Waals surface area contributed by atoms with Gasteiger partial charge in [-0.3, -0.25) is 20.2 Å². The predicted octanol–water partition coefficient (Wildman–Crippen LogP) is 3.80. The zero-order valence-corrected chi connectivity index (χ0v) is 23.3. The molecule has 208 valence electrons. The molecule has 0 aromatic heterocycles. The summed E-state index contributed by atoms with van der Waals surface area (Å²) in [6, 6.07) is 0.731. The van der Waals surface area contributed by atoms with Crippen LogP contribution in [0, 0.1) is 17.8 Å². The van der Waals surface area contributed by atoms with Crippen LogP contribution in [0.5, 0.6) is 0 Å². The van der Waals surface area contributed by atoms with E-state index in [2.05, 4.69) is 46.6 Å². The second-order valence-corrected chi connectivity index (χ2v) is 13.0. The van der Waals surface area contributed by atoms with E-state index in [1.165, 1.54) is 57.8 Å². The number of likely N-dealkylation sites (tertiary alicyclic amines) is 1. The number of hydrogen-bond acceptors (Lipinski definition) is 5. The van der Waals surface area contributed by atoms with Gasteiger partial charge in [0, 0.05) is 30.4 Å². The van der Waals surface area contributed by atoms with Gasteiger partial charge in [0.1, 0.15) is 6.04 Å². The summed E-state index contributed by atoms with van der Waals surface area (Å²) in [5, 5.41) is 14.1. The average molecular weight is 514 g/mol. The first-order valence-electron chi connectivity index (χ1n) is 15.5. The monoisotopic (exact) mass is 513 g/mol. The fraction of sp³-hybridized carbons (Fsp3) is 0.867. The quantitative estimate of drug-likeness (QED) is 0.377. The SMILES string of the molecule is C=C(N[C@@H](CC(=O)N1CCC[C@@H]1C1CCCCC1)C(=O)NC(C)C1NC2CCCCC2N1)C1CC(C)C1. The van der Waals surface area contributed by atoms with Gasteiger partial charge in [-0.25, -0.2) is 0 Å². The maximum absolute atomic E-state index is 13.7. The second kappa shape index (κ2) is 12.1. The summed E-state index contributed by atoms with van der Waals surface area (Å²) in [4.78, 5) is 29.4. The Morgan fingerprint density at radius 3 is 2.22 bits per heavy atom. The highest BCUT2D eigenvalue weighted by atomic mass is 16.2. The summed E-state index contributed by atoms with van der Waals surface area (Å²) in [5.41, 5.74) is 0.923. The number of nitrogens with one attached hydrogen (secondary N) is 4. The predicted molar refractivity (Wildman–Crippen MR) is 148 cm³/mol. The van der Waals surface area contributed by atoms with E-state index in [1.807, 2.05) is 0 Å². The molecule has 5 rings (SSSR count). The molecule has 2 heterocycles. The van der Waals surface area contributed by atoms with E-state index in [4.69, 9.17) is 0 Å². The van der Waals surface area contributed by atoms with Crippen LogP contribution >= 0.6 is 0 Å². The van der Waals surface area contributed by atoms with Crippen LogP contribution in [0.25, 0.3) is 0 Å². The van der Waals surface area contributed by atoms with Gasteiger partial charge in [0.2, 0.25) is 11.8 Å². The van der Waals surface area contributed by atoms with Crippen molar-refractivity contribution < 1.29 is 9.59 Å². The molecule has 5 atom stereocenters. The topological polar surface area (TPSA) is 85.5 Å². The fourth-order valence-electron chi connectivity index (χ4n) is 7.88. The molecule has 5 fully saturated rings. The zero-order chi connectivity index (χ0) is 25.9. The molecular formula is C30H51N5O2. The summed E-state index contributed by atoms with van der Waals surface area (Å²) in [6.45, 7) is 9.46. The van der Waals surface area contributed by atoms with Crippen molar-refractivity contribution in [3.63, 3.8) is 0 Å². The van der Waals surface area contributed by atoms with Gasteiger partial charge in [-0.1, -0.05) is 45.6 Å². The molecule has 3 aliphatic carbocycles. The summed E-state index contributed by atoms with van der Waals surface area (Å²) in [5.74, 6) is 1.80. The van der Waals surface area contributed by atoms with Crippen LogP contribution in [0.15, 0.2) is 12.3 Å². The van der Waals surface area contributed by atoms with Crippen molar-refractivity contribution in [3.8, 4) is 0 Å². The Hall–Kier alpha value is -1.60. The lowest BCUT2D eigenvalue weighted by atomic mass is 9.74. The molecule has 4 N–H and O–H groups in total. The van der Waals surface area contributed by atoms with Crippen LogP contribution < -0.4 is 21.3 Å². The highest BCUT2D eigenvalue weighted by molar-refractivity contribution is 5.89. The van der Waals surface area contributed by atoms with E-state index < -0.39 is 6.04 Å². The lowest BCUT2D eigenvalue weighted by molar-refractivity contribution is -0.136. The molecule has 2 aliphatic heterocycles. The van der Waals surface area contributed by atoms with Crippen molar-refractivity contribution >= 4 is 11.8 Å². The first-order chi connectivity index (χ1) is 17.9. The van der Waals surface area contributed by atoms with Crippen molar-refractivity contribution in [2.75, 3.05) is 6.54 Å². The van der Waals surface area contributed by atoms with Gasteiger partial charge in [0.15, 0.2) is 0 Å². The second-order valence-electron chi connectivity index (χ2n) is 13.0. The molecule has 37 heavy (non-hydrogen) atoms. The zero-order valence-electron chi connectivity index (χ0n) is 23.3. The Kier molecular flexibility index (Phi) is 8.80. The van der Waals surface area contributed by atoms with E-state index in [-0.39, 0.29) is 30.4 Å². The minimum absolute atomic E-state index is 0.0590. The number of amides is 2. The van der Waals surface area contributed by atoms with Crippen LogP contribution in [0.1, 0.15) is 104 Å². The number of fused-ring (bicyclic) bond motifs is 1. The molecule has 3 saturated carbocycles.